The van der Waals surface area contributed by atoms with Crippen LogP contribution in [0.5, 0.6) is 0 Å². The molecule has 4 aromatic rings. The van der Waals surface area contributed by atoms with Crippen molar-refractivity contribution in [2.45, 2.75) is 19.3 Å². The Bertz CT molecular complexity index is 1350. The summed E-state index contributed by atoms with van der Waals surface area (Å²) in [6.45, 7) is 1.99. The summed E-state index contributed by atoms with van der Waals surface area (Å²) in [5, 5.41) is 14.2. The molecule has 7 nitrogen and oxygen atoms in total. The van der Waals surface area contributed by atoms with Gasteiger partial charge in [0.1, 0.15) is 11.6 Å². The SMILES string of the molecule is CC(c1ccc(NC(=O)c2ccc3ccccc3c2)cc1)c1ncc(CC(=O)O)c(N(C)C)n1. The van der Waals surface area contributed by atoms with Crippen molar-refractivity contribution in [1.82, 2.24) is 9.97 Å². The van der Waals surface area contributed by atoms with Crippen molar-refractivity contribution in [3.05, 3.63) is 95.4 Å². The maximum atomic E-state index is 12.7. The Balaban J connectivity index is 1.50. The number of carboxylic acids is 1. The molecule has 0 fully saturated rings. The summed E-state index contributed by atoms with van der Waals surface area (Å²) >= 11 is 0. The van der Waals surface area contributed by atoms with E-state index in [4.69, 9.17) is 5.11 Å². The largest absolute Gasteiger partial charge is 0.481 e. The zero-order valence-electron chi connectivity index (χ0n) is 19.3. The van der Waals surface area contributed by atoms with E-state index >= 15 is 0 Å². The van der Waals surface area contributed by atoms with Crippen LogP contribution in [0.1, 0.15) is 40.2 Å². The third kappa shape index (κ3) is 5.04. The standard InChI is InChI=1S/C27H26N4O3/c1-17(25-28-16-22(15-24(32)33)26(30-25)31(2)3)18-10-12-23(13-11-18)29-27(34)21-9-8-19-6-4-5-7-20(19)14-21/h4-14,16-17H,15H2,1-3H3,(H,29,34)(H,32,33). The Hall–Kier alpha value is -4.26. The van der Waals surface area contributed by atoms with E-state index in [-0.39, 0.29) is 18.2 Å². The molecule has 7 heteroatoms. The molecule has 1 unspecified atom stereocenters. The van der Waals surface area contributed by atoms with Crippen molar-refractivity contribution in [2.24, 2.45) is 0 Å². The van der Waals surface area contributed by atoms with Crippen LogP contribution < -0.4 is 10.2 Å². The Morgan fingerprint density at radius 3 is 2.38 bits per heavy atom. The van der Waals surface area contributed by atoms with Crippen LogP contribution in [0.2, 0.25) is 0 Å². The second-order valence-corrected chi connectivity index (χ2v) is 8.40. The lowest BCUT2D eigenvalue weighted by Gasteiger charge is -2.18. The van der Waals surface area contributed by atoms with E-state index in [0.717, 1.165) is 16.3 Å². The Morgan fingerprint density at radius 2 is 1.71 bits per heavy atom. The van der Waals surface area contributed by atoms with Gasteiger partial charge in [0.2, 0.25) is 0 Å². The van der Waals surface area contributed by atoms with Gasteiger partial charge in [0.05, 0.1) is 6.42 Å². The van der Waals surface area contributed by atoms with Crippen LogP contribution in [0.15, 0.2) is 72.9 Å². The summed E-state index contributed by atoms with van der Waals surface area (Å²) in [6, 6.07) is 21.2. The highest BCUT2D eigenvalue weighted by Gasteiger charge is 2.17. The molecule has 0 aliphatic rings. The molecule has 0 aliphatic carbocycles. The predicted molar refractivity (Wildman–Crippen MR) is 134 cm³/mol. The van der Waals surface area contributed by atoms with Gasteiger partial charge in [0, 0.05) is 43.0 Å². The van der Waals surface area contributed by atoms with Crippen LogP contribution in [-0.4, -0.2) is 41.0 Å². The highest BCUT2D eigenvalue weighted by molar-refractivity contribution is 6.06. The first-order chi connectivity index (χ1) is 16.3. The van der Waals surface area contributed by atoms with Crippen molar-refractivity contribution in [3.63, 3.8) is 0 Å². The van der Waals surface area contributed by atoms with Gasteiger partial charge in [-0.1, -0.05) is 49.4 Å². The van der Waals surface area contributed by atoms with Crippen LogP contribution in [0.4, 0.5) is 11.5 Å². The van der Waals surface area contributed by atoms with Crippen molar-refractivity contribution in [2.75, 3.05) is 24.3 Å². The highest BCUT2D eigenvalue weighted by Crippen LogP contribution is 2.26. The molecule has 172 valence electrons. The number of amides is 1. The second kappa shape index (κ2) is 9.70. The fourth-order valence-corrected chi connectivity index (χ4v) is 3.83. The number of rotatable bonds is 7. The molecule has 0 radical (unpaired) electrons. The van der Waals surface area contributed by atoms with E-state index in [1.54, 1.807) is 11.1 Å². The monoisotopic (exact) mass is 454 g/mol. The topological polar surface area (TPSA) is 95.4 Å². The quantitative estimate of drug-likeness (QED) is 0.419. The minimum Gasteiger partial charge on any atom is -0.481 e. The first kappa shape index (κ1) is 22.9. The smallest absolute Gasteiger partial charge is 0.308 e. The molecule has 0 saturated heterocycles. The lowest BCUT2D eigenvalue weighted by atomic mass is 9.99. The third-order valence-corrected chi connectivity index (χ3v) is 5.69. The molecule has 3 aromatic carbocycles. The number of hydrogen-bond acceptors (Lipinski definition) is 5. The van der Waals surface area contributed by atoms with Gasteiger partial charge in [-0.2, -0.15) is 0 Å². The molecule has 1 amide bonds. The fourth-order valence-electron chi connectivity index (χ4n) is 3.83. The zero-order chi connectivity index (χ0) is 24.2. The fraction of sp³-hybridized carbons (Fsp3) is 0.185. The number of nitrogens with one attached hydrogen (secondary N) is 1. The van der Waals surface area contributed by atoms with Crippen LogP contribution in [0, 0.1) is 0 Å². The van der Waals surface area contributed by atoms with Crippen LogP contribution in [0.3, 0.4) is 0 Å². The molecule has 0 bridgehead atoms. The van der Waals surface area contributed by atoms with E-state index in [1.807, 2.05) is 87.7 Å². The number of anilines is 2. The van der Waals surface area contributed by atoms with E-state index < -0.39 is 5.97 Å². The summed E-state index contributed by atoms with van der Waals surface area (Å²) in [7, 11) is 3.66. The number of fused-ring (bicyclic) bond motifs is 1. The first-order valence-corrected chi connectivity index (χ1v) is 11.0. The van der Waals surface area contributed by atoms with Crippen molar-refractivity contribution >= 4 is 34.2 Å². The van der Waals surface area contributed by atoms with Gasteiger partial charge < -0.3 is 15.3 Å². The van der Waals surface area contributed by atoms with Crippen molar-refractivity contribution in [1.29, 1.82) is 0 Å². The number of carbonyl (C=O) groups excluding carboxylic acids is 1. The molecular formula is C27H26N4O3. The average Bonchev–Trinajstić information content (AvgIpc) is 2.83. The maximum Gasteiger partial charge on any atom is 0.308 e. The summed E-state index contributed by atoms with van der Waals surface area (Å²) in [4.78, 5) is 34.7. The Morgan fingerprint density at radius 1 is 1.00 bits per heavy atom. The second-order valence-electron chi connectivity index (χ2n) is 8.40. The predicted octanol–water partition coefficient (Wildman–Crippen LogP) is 4.73. The van der Waals surface area contributed by atoms with E-state index in [1.165, 1.54) is 0 Å². The summed E-state index contributed by atoms with van der Waals surface area (Å²) < 4.78 is 0. The number of benzene rings is 3. The van der Waals surface area contributed by atoms with Crippen molar-refractivity contribution in [3.8, 4) is 0 Å². The molecule has 34 heavy (non-hydrogen) atoms. The number of aliphatic carboxylic acids is 1. The van der Waals surface area contributed by atoms with E-state index in [2.05, 4.69) is 15.3 Å². The Labute approximate surface area is 198 Å². The summed E-state index contributed by atoms with van der Waals surface area (Å²) in [5.74, 6) is 0.000441. The summed E-state index contributed by atoms with van der Waals surface area (Å²) in [5.41, 5.74) is 2.85. The van der Waals surface area contributed by atoms with E-state index in [0.29, 0.717) is 28.5 Å². The average molecular weight is 455 g/mol. The lowest BCUT2D eigenvalue weighted by Crippen LogP contribution is -2.18. The van der Waals surface area contributed by atoms with Gasteiger partial charge in [-0.05, 0) is 40.6 Å². The molecule has 1 heterocycles. The number of carbonyl (C=O) groups is 2. The summed E-state index contributed by atoms with van der Waals surface area (Å²) in [6.07, 6.45) is 1.45. The number of nitrogens with zero attached hydrogens (tertiary/aromatic N) is 3. The number of aromatic nitrogens is 2. The van der Waals surface area contributed by atoms with Gasteiger partial charge in [-0.25, -0.2) is 9.97 Å². The molecule has 1 atom stereocenters. The molecule has 0 spiro atoms. The molecule has 0 aliphatic heterocycles. The normalized spacial score (nSPS) is 11.7. The highest BCUT2D eigenvalue weighted by atomic mass is 16.4. The van der Waals surface area contributed by atoms with Gasteiger partial charge in [0.15, 0.2) is 0 Å². The molecule has 2 N–H and O–H groups in total. The van der Waals surface area contributed by atoms with Gasteiger partial charge in [0.25, 0.3) is 5.91 Å². The van der Waals surface area contributed by atoms with Crippen molar-refractivity contribution < 1.29 is 14.7 Å². The van der Waals surface area contributed by atoms with E-state index in [9.17, 15) is 9.59 Å². The zero-order valence-corrected chi connectivity index (χ0v) is 19.3. The van der Waals surface area contributed by atoms with Gasteiger partial charge in [-0.15, -0.1) is 0 Å². The maximum absolute atomic E-state index is 12.7. The molecule has 0 saturated carbocycles. The minimum atomic E-state index is -0.922. The third-order valence-electron chi connectivity index (χ3n) is 5.69. The number of hydrogen-bond donors (Lipinski definition) is 2. The van der Waals surface area contributed by atoms with Gasteiger partial charge in [-0.3, -0.25) is 9.59 Å². The molecule has 1 aromatic heterocycles. The lowest BCUT2D eigenvalue weighted by molar-refractivity contribution is -0.136. The van der Waals surface area contributed by atoms with Crippen LogP contribution in [-0.2, 0) is 11.2 Å². The number of carboxylic acid groups (broad SMARTS) is 1. The minimum absolute atomic E-state index is 0.109. The molecule has 4 rings (SSSR count). The van der Waals surface area contributed by atoms with Crippen LogP contribution in [0.25, 0.3) is 10.8 Å². The van der Waals surface area contributed by atoms with Gasteiger partial charge >= 0.3 is 5.97 Å². The Kier molecular flexibility index (Phi) is 6.54. The first-order valence-electron chi connectivity index (χ1n) is 11.0. The molecular weight excluding hydrogens is 428 g/mol. The van der Waals surface area contributed by atoms with Crippen LogP contribution >= 0.6 is 0 Å².